The maximum atomic E-state index is 14.3. The van der Waals surface area contributed by atoms with E-state index in [4.69, 9.17) is 0 Å². The van der Waals surface area contributed by atoms with Gasteiger partial charge in [-0.25, -0.2) is 9.37 Å². The second kappa shape index (κ2) is 5.77. The van der Waals surface area contributed by atoms with Gasteiger partial charge in [-0.15, -0.1) is 0 Å². The Kier molecular flexibility index (Phi) is 3.66. The summed E-state index contributed by atoms with van der Waals surface area (Å²) in [5.74, 6) is -0.650. The molecule has 1 aromatic heterocycles. The molecule has 4 nitrogen and oxygen atoms in total. The van der Waals surface area contributed by atoms with Gasteiger partial charge in [0.15, 0.2) is 11.6 Å². The van der Waals surface area contributed by atoms with Gasteiger partial charge in [-0.1, -0.05) is 44.2 Å². The van der Waals surface area contributed by atoms with E-state index >= 15 is 0 Å². The minimum absolute atomic E-state index is 0.0383. The second-order valence-corrected chi connectivity index (χ2v) is 7.66. The lowest BCUT2D eigenvalue weighted by atomic mass is 9.68. The fourth-order valence-electron chi connectivity index (χ4n) is 4.04. The lowest BCUT2D eigenvalue weighted by Gasteiger charge is -2.39. The maximum Gasteiger partial charge on any atom is 0.162 e. The monoisotopic (exact) mass is 347 g/mol. The van der Waals surface area contributed by atoms with Gasteiger partial charge in [0.25, 0.3) is 0 Å². The smallest absolute Gasteiger partial charge is 0.162 e. The van der Waals surface area contributed by atoms with Gasteiger partial charge in [-0.05, 0) is 17.4 Å². The Hall–Kier alpha value is -3.00. The Morgan fingerprint density at radius 3 is 2.69 bits per heavy atom. The fraction of sp³-hybridized carbons (Fsp3) is 0.286. The van der Waals surface area contributed by atoms with Crippen LogP contribution < -0.4 is 5.32 Å². The van der Waals surface area contributed by atoms with Crippen LogP contribution in [0.3, 0.4) is 0 Å². The van der Waals surface area contributed by atoms with Gasteiger partial charge >= 0.3 is 0 Å². The average Bonchev–Trinajstić information content (AvgIpc) is 2.60. The molecule has 0 fully saturated rings. The van der Waals surface area contributed by atoms with Crippen LogP contribution in [0.4, 0.5) is 10.2 Å². The first-order chi connectivity index (χ1) is 12.4. The van der Waals surface area contributed by atoms with E-state index in [1.165, 1.54) is 0 Å². The number of rotatable bonds is 1. The highest BCUT2D eigenvalue weighted by molar-refractivity contribution is 6.01. The first-order valence-corrected chi connectivity index (χ1v) is 8.58. The highest BCUT2D eigenvalue weighted by Gasteiger charge is 2.42. The highest BCUT2D eigenvalue weighted by Crippen LogP contribution is 2.49. The predicted molar refractivity (Wildman–Crippen MR) is 95.9 cm³/mol. The Bertz CT molecular complexity index is 986. The van der Waals surface area contributed by atoms with Crippen molar-refractivity contribution in [1.29, 1.82) is 5.26 Å². The van der Waals surface area contributed by atoms with Crippen LogP contribution in [0.2, 0.25) is 0 Å². The molecule has 0 spiro atoms. The van der Waals surface area contributed by atoms with Gasteiger partial charge in [0.1, 0.15) is 11.9 Å². The average molecular weight is 347 g/mol. The molecule has 0 bridgehead atoms. The first kappa shape index (κ1) is 16.5. The third-order valence-electron chi connectivity index (χ3n) is 5.08. The van der Waals surface area contributed by atoms with Crippen molar-refractivity contribution in [3.63, 3.8) is 0 Å². The highest BCUT2D eigenvalue weighted by atomic mass is 19.1. The summed E-state index contributed by atoms with van der Waals surface area (Å²) in [6.45, 7) is 4.12. The number of aromatic nitrogens is 1. The fourth-order valence-corrected chi connectivity index (χ4v) is 4.04. The van der Waals surface area contributed by atoms with Gasteiger partial charge in [0, 0.05) is 29.2 Å². The predicted octanol–water partition coefficient (Wildman–Crippen LogP) is 4.29. The number of pyridine rings is 1. The molecule has 0 saturated heterocycles. The third kappa shape index (κ3) is 2.50. The number of nitriles is 1. The number of fused-ring (bicyclic) bond motifs is 1. The number of anilines is 1. The maximum absolute atomic E-state index is 14.3. The van der Waals surface area contributed by atoms with E-state index in [1.54, 1.807) is 0 Å². The van der Waals surface area contributed by atoms with Crippen molar-refractivity contribution >= 4 is 11.6 Å². The Morgan fingerprint density at radius 1 is 1.27 bits per heavy atom. The van der Waals surface area contributed by atoms with E-state index < -0.39 is 11.7 Å². The zero-order valence-corrected chi connectivity index (χ0v) is 14.6. The van der Waals surface area contributed by atoms with Crippen LogP contribution in [-0.2, 0) is 4.79 Å². The molecule has 1 atom stereocenters. The molecule has 1 unspecified atom stereocenters. The number of ketones is 1. The molecule has 1 aliphatic carbocycles. The van der Waals surface area contributed by atoms with E-state index in [1.807, 2.05) is 36.4 Å². The molecule has 2 heterocycles. The summed E-state index contributed by atoms with van der Waals surface area (Å²) < 4.78 is 14.3. The van der Waals surface area contributed by atoms with Crippen molar-refractivity contribution in [3.8, 4) is 6.07 Å². The van der Waals surface area contributed by atoms with Crippen LogP contribution >= 0.6 is 0 Å². The summed E-state index contributed by atoms with van der Waals surface area (Å²) in [5, 5.41) is 12.8. The lowest BCUT2D eigenvalue weighted by Crippen LogP contribution is -2.34. The van der Waals surface area contributed by atoms with Gasteiger partial charge in [0.2, 0.25) is 0 Å². The topological polar surface area (TPSA) is 65.8 Å². The minimum Gasteiger partial charge on any atom is -0.343 e. The van der Waals surface area contributed by atoms with Crippen molar-refractivity contribution in [1.82, 2.24) is 4.98 Å². The summed E-state index contributed by atoms with van der Waals surface area (Å²) >= 11 is 0. The number of hydrogen-bond donors (Lipinski definition) is 1. The molecule has 5 heteroatoms. The van der Waals surface area contributed by atoms with Gasteiger partial charge in [-0.2, -0.15) is 5.26 Å². The normalized spacial score (nSPS) is 20.7. The molecule has 0 saturated carbocycles. The summed E-state index contributed by atoms with van der Waals surface area (Å²) in [4.78, 5) is 17.2. The molecule has 26 heavy (non-hydrogen) atoms. The quantitative estimate of drug-likeness (QED) is 0.835. The molecular weight excluding hydrogens is 329 g/mol. The van der Waals surface area contributed by atoms with Crippen LogP contribution in [0.5, 0.6) is 0 Å². The molecule has 130 valence electrons. The van der Waals surface area contributed by atoms with Crippen LogP contribution in [0, 0.1) is 22.6 Å². The Balaban J connectivity index is 2.02. The third-order valence-corrected chi connectivity index (χ3v) is 5.08. The van der Waals surface area contributed by atoms with Crippen molar-refractivity contribution < 1.29 is 9.18 Å². The molecule has 1 aromatic carbocycles. The standard InChI is InChI=1S/C21H18FN3O/c1-21(2)8-15-19(16(26)9-21)17(12-6-4-3-5-7-12)18-13(10-23)14(22)11-24-20(18)25-15/h3-7,11,17H,8-9H2,1-2H3,(H,24,25). The van der Waals surface area contributed by atoms with E-state index in [9.17, 15) is 14.4 Å². The molecule has 1 aliphatic heterocycles. The molecular formula is C21H18FN3O. The zero-order chi connectivity index (χ0) is 18.5. The number of nitrogens with zero attached hydrogens (tertiary/aromatic N) is 2. The number of carbonyl (C=O) groups excluding carboxylic acids is 1. The van der Waals surface area contributed by atoms with Crippen molar-refractivity contribution in [2.24, 2.45) is 5.41 Å². The SMILES string of the molecule is CC1(C)CC(=O)C2=C(C1)Nc1ncc(F)c(C#N)c1C2c1ccccc1. The number of nitrogens with one attached hydrogen (secondary N) is 1. The van der Waals surface area contributed by atoms with Gasteiger partial charge in [0.05, 0.1) is 11.8 Å². The van der Waals surface area contributed by atoms with Crippen LogP contribution in [-0.4, -0.2) is 10.8 Å². The van der Waals surface area contributed by atoms with E-state index in [0.717, 1.165) is 17.5 Å². The summed E-state index contributed by atoms with van der Waals surface area (Å²) in [6.07, 6.45) is 2.20. The molecule has 4 rings (SSSR count). The van der Waals surface area contributed by atoms with Crippen LogP contribution in [0.1, 0.15) is 49.3 Å². The molecule has 2 aliphatic rings. The van der Waals surface area contributed by atoms with Gasteiger partial charge in [-0.3, -0.25) is 4.79 Å². The number of hydrogen-bond acceptors (Lipinski definition) is 4. The van der Waals surface area contributed by atoms with Crippen molar-refractivity contribution in [3.05, 3.63) is 70.3 Å². The minimum atomic E-state index is -0.665. The summed E-state index contributed by atoms with van der Waals surface area (Å²) in [7, 11) is 0. The number of carbonyl (C=O) groups is 1. The first-order valence-electron chi connectivity index (χ1n) is 8.58. The number of halogens is 1. The van der Waals surface area contributed by atoms with Crippen LogP contribution in [0.25, 0.3) is 0 Å². The van der Waals surface area contributed by atoms with Crippen LogP contribution in [0.15, 0.2) is 47.8 Å². The summed E-state index contributed by atoms with van der Waals surface area (Å²) in [6, 6.07) is 11.4. The number of benzene rings is 1. The number of allylic oxidation sites excluding steroid dienone is 2. The largest absolute Gasteiger partial charge is 0.343 e. The molecule has 0 radical (unpaired) electrons. The van der Waals surface area contributed by atoms with Crippen molar-refractivity contribution in [2.75, 3.05) is 5.32 Å². The molecule has 0 amide bonds. The zero-order valence-electron chi connectivity index (χ0n) is 14.6. The lowest BCUT2D eigenvalue weighted by molar-refractivity contribution is -0.118. The van der Waals surface area contributed by atoms with E-state index in [2.05, 4.69) is 24.1 Å². The van der Waals surface area contributed by atoms with E-state index in [-0.39, 0.29) is 16.8 Å². The Morgan fingerprint density at radius 2 is 2.00 bits per heavy atom. The molecule has 1 N–H and O–H groups in total. The molecule has 2 aromatic rings. The summed E-state index contributed by atoms with van der Waals surface area (Å²) in [5.41, 5.74) is 2.56. The van der Waals surface area contributed by atoms with Gasteiger partial charge < -0.3 is 5.32 Å². The Labute approximate surface area is 151 Å². The van der Waals surface area contributed by atoms with E-state index in [0.29, 0.717) is 29.8 Å². The van der Waals surface area contributed by atoms with Crippen molar-refractivity contribution in [2.45, 2.75) is 32.6 Å². The number of Topliss-reactive ketones (excluding diaryl/α,β-unsaturated/α-hetero) is 1. The second-order valence-electron chi connectivity index (χ2n) is 7.66.